The topological polar surface area (TPSA) is 15.3 Å². The fourth-order valence-electron chi connectivity index (χ4n) is 2.14. The van der Waals surface area contributed by atoms with Crippen LogP contribution in [0.15, 0.2) is 11.6 Å². The van der Waals surface area contributed by atoms with Crippen LogP contribution in [0.5, 0.6) is 0 Å². The van der Waals surface area contributed by atoms with Gasteiger partial charge in [-0.1, -0.05) is 11.6 Å². The Kier molecular flexibility index (Phi) is 5.68. The molecule has 0 amide bonds. The first kappa shape index (κ1) is 14.7. The molecule has 0 atom stereocenters. The Morgan fingerprint density at radius 1 is 1.24 bits per heavy atom. The van der Waals surface area contributed by atoms with E-state index in [0.717, 1.165) is 12.5 Å². The van der Waals surface area contributed by atoms with Gasteiger partial charge < -0.3 is 5.32 Å². The number of nitrogens with zero attached hydrogens (tertiary/aromatic N) is 1. The molecule has 1 aliphatic rings. The molecule has 1 rings (SSSR count). The van der Waals surface area contributed by atoms with Crippen LogP contribution >= 0.6 is 0 Å². The molecule has 100 valence electrons. The third-order valence-electron chi connectivity index (χ3n) is 3.39. The van der Waals surface area contributed by atoms with Crippen LogP contribution in [0.25, 0.3) is 0 Å². The van der Waals surface area contributed by atoms with Crippen molar-refractivity contribution in [1.29, 1.82) is 0 Å². The van der Waals surface area contributed by atoms with Gasteiger partial charge in [0, 0.05) is 12.1 Å². The zero-order chi connectivity index (χ0) is 12.9. The number of hydrogen-bond donors (Lipinski definition) is 1. The molecule has 2 nitrogen and oxygen atoms in total. The quantitative estimate of drug-likeness (QED) is 0.757. The number of allylic oxidation sites excluding steroid dienone is 1. The predicted octanol–water partition coefficient (Wildman–Crippen LogP) is 3.05. The summed E-state index contributed by atoms with van der Waals surface area (Å²) in [5.74, 6) is 0.872. The van der Waals surface area contributed by atoms with Crippen LogP contribution in [-0.4, -0.2) is 36.6 Å². The third kappa shape index (κ3) is 6.85. The molecule has 0 aliphatic carbocycles. The largest absolute Gasteiger partial charge is 0.312 e. The second-order valence-corrected chi connectivity index (χ2v) is 6.66. The van der Waals surface area contributed by atoms with Gasteiger partial charge in [-0.2, -0.15) is 0 Å². The molecule has 1 aliphatic heterocycles. The van der Waals surface area contributed by atoms with Crippen molar-refractivity contribution in [2.75, 3.05) is 26.2 Å². The Balaban J connectivity index is 2.20. The summed E-state index contributed by atoms with van der Waals surface area (Å²) in [6.07, 6.45) is 5.03. The highest BCUT2D eigenvalue weighted by Gasteiger charge is 2.20. The molecule has 1 heterocycles. The van der Waals surface area contributed by atoms with E-state index in [1.54, 1.807) is 0 Å². The average molecular weight is 238 g/mol. The smallest absolute Gasteiger partial charge is 0.0165 e. The molecule has 0 saturated carbocycles. The van der Waals surface area contributed by atoms with Crippen LogP contribution in [-0.2, 0) is 0 Å². The Labute approximate surface area is 107 Å². The van der Waals surface area contributed by atoms with Gasteiger partial charge >= 0.3 is 0 Å². The van der Waals surface area contributed by atoms with Crippen LogP contribution in [0.2, 0.25) is 0 Å². The van der Waals surface area contributed by atoms with Crippen molar-refractivity contribution in [1.82, 2.24) is 10.2 Å². The van der Waals surface area contributed by atoms with Crippen LogP contribution in [0.3, 0.4) is 0 Å². The van der Waals surface area contributed by atoms with Gasteiger partial charge in [0.05, 0.1) is 0 Å². The second kappa shape index (κ2) is 6.55. The van der Waals surface area contributed by atoms with Gasteiger partial charge in [0.2, 0.25) is 0 Å². The zero-order valence-electron chi connectivity index (χ0n) is 12.3. The number of rotatable bonds is 4. The third-order valence-corrected chi connectivity index (χ3v) is 3.39. The zero-order valence-corrected chi connectivity index (χ0v) is 12.3. The highest BCUT2D eigenvalue weighted by Crippen LogP contribution is 2.17. The molecule has 0 unspecified atom stereocenters. The van der Waals surface area contributed by atoms with E-state index in [0.29, 0.717) is 0 Å². The van der Waals surface area contributed by atoms with Gasteiger partial charge in [-0.25, -0.2) is 0 Å². The first-order valence-electron chi connectivity index (χ1n) is 6.97. The minimum absolute atomic E-state index is 0.263. The maximum Gasteiger partial charge on any atom is 0.0165 e. The molecular weight excluding hydrogens is 208 g/mol. The minimum atomic E-state index is 0.263. The average Bonchev–Trinajstić information content (AvgIpc) is 2.24. The molecule has 2 heteroatoms. The molecule has 0 spiro atoms. The van der Waals surface area contributed by atoms with Crippen LogP contribution in [0.1, 0.15) is 47.5 Å². The van der Waals surface area contributed by atoms with Crippen molar-refractivity contribution in [3.8, 4) is 0 Å². The molecule has 1 fully saturated rings. The van der Waals surface area contributed by atoms with Gasteiger partial charge in [-0.3, -0.25) is 4.90 Å². The summed E-state index contributed by atoms with van der Waals surface area (Å²) in [6, 6.07) is 0. The lowest BCUT2D eigenvalue weighted by atomic mass is 9.95. The fraction of sp³-hybridized carbons (Fsp3) is 0.867. The number of likely N-dealkylation sites (tertiary alicyclic amines) is 1. The van der Waals surface area contributed by atoms with Crippen molar-refractivity contribution in [2.45, 2.75) is 53.0 Å². The molecule has 1 saturated heterocycles. The molecule has 0 aromatic carbocycles. The van der Waals surface area contributed by atoms with Crippen LogP contribution in [0, 0.1) is 5.92 Å². The standard InChI is InChI=1S/C15H30N2/c1-13(2)6-9-17-10-7-14(8-11-17)12-16-15(3,4)5/h6,14,16H,7-12H2,1-5H3. The molecule has 0 aromatic rings. The highest BCUT2D eigenvalue weighted by atomic mass is 15.1. The lowest BCUT2D eigenvalue weighted by Gasteiger charge is -2.33. The van der Waals surface area contributed by atoms with Crippen molar-refractivity contribution >= 4 is 0 Å². The minimum Gasteiger partial charge on any atom is -0.312 e. The van der Waals surface area contributed by atoms with Gasteiger partial charge in [0.25, 0.3) is 0 Å². The monoisotopic (exact) mass is 238 g/mol. The molecule has 0 bridgehead atoms. The van der Waals surface area contributed by atoms with Crippen molar-refractivity contribution in [2.24, 2.45) is 5.92 Å². The summed E-state index contributed by atoms with van der Waals surface area (Å²) < 4.78 is 0. The van der Waals surface area contributed by atoms with Gasteiger partial charge in [-0.05, 0) is 73.0 Å². The SMILES string of the molecule is CC(C)=CCN1CCC(CNC(C)(C)C)CC1. The van der Waals surface area contributed by atoms with Gasteiger partial charge in [-0.15, -0.1) is 0 Å². The van der Waals surface area contributed by atoms with E-state index in [1.807, 2.05) is 0 Å². The Morgan fingerprint density at radius 3 is 2.29 bits per heavy atom. The summed E-state index contributed by atoms with van der Waals surface area (Å²) in [5.41, 5.74) is 1.70. The highest BCUT2D eigenvalue weighted by molar-refractivity contribution is 4.95. The number of piperidine rings is 1. The normalized spacial score (nSPS) is 19.4. The van der Waals surface area contributed by atoms with E-state index in [1.165, 1.54) is 38.0 Å². The fourth-order valence-corrected chi connectivity index (χ4v) is 2.14. The molecule has 0 aromatic heterocycles. The summed E-state index contributed by atoms with van der Waals surface area (Å²) >= 11 is 0. The summed E-state index contributed by atoms with van der Waals surface area (Å²) in [6.45, 7) is 16.0. The summed E-state index contributed by atoms with van der Waals surface area (Å²) in [4.78, 5) is 2.57. The lowest BCUT2D eigenvalue weighted by molar-refractivity contribution is 0.191. The first-order chi connectivity index (χ1) is 7.87. The van der Waals surface area contributed by atoms with E-state index < -0.39 is 0 Å². The molecule has 0 radical (unpaired) electrons. The van der Waals surface area contributed by atoms with Crippen molar-refractivity contribution in [3.63, 3.8) is 0 Å². The van der Waals surface area contributed by atoms with Crippen molar-refractivity contribution < 1.29 is 0 Å². The maximum absolute atomic E-state index is 3.63. The second-order valence-electron chi connectivity index (χ2n) is 6.66. The number of nitrogens with one attached hydrogen (secondary N) is 1. The Hall–Kier alpha value is -0.340. The van der Waals surface area contributed by atoms with Crippen LogP contribution < -0.4 is 5.32 Å². The lowest BCUT2D eigenvalue weighted by Crippen LogP contribution is -2.42. The summed E-state index contributed by atoms with van der Waals surface area (Å²) in [5, 5.41) is 3.63. The molecular formula is C15H30N2. The maximum atomic E-state index is 3.63. The van der Waals surface area contributed by atoms with E-state index in [4.69, 9.17) is 0 Å². The van der Waals surface area contributed by atoms with E-state index in [-0.39, 0.29) is 5.54 Å². The predicted molar refractivity (Wildman–Crippen MR) is 76.4 cm³/mol. The first-order valence-corrected chi connectivity index (χ1v) is 6.97. The van der Waals surface area contributed by atoms with E-state index >= 15 is 0 Å². The van der Waals surface area contributed by atoms with Crippen molar-refractivity contribution in [3.05, 3.63) is 11.6 Å². The van der Waals surface area contributed by atoms with E-state index in [9.17, 15) is 0 Å². The number of hydrogen-bond acceptors (Lipinski definition) is 2. The van der Waals surface area contributed by atoms with Crippen LogP contribution in [0.4, 0.5) is 0 Å². The summed E-state index contributed by atoms with van der Waals surface area (Å²) in [7, 11) is 0. The van der Waals surface area contributed by atoms with Gasteiger partial charge in [0.1, 0.15) is 0 Å². The Bertz CT molecular complexity index is 238. The van der Waals surface area contributed by atoms with Gasteiger partial charge in [0.15, 0.2) is 0 Å². The Morgan fingerprint density at radius 2 is 1.82 bits per heavy atom. The molecule has 1 N–H and O–H groups in total. The molecule has 17 heavy (non-hydrogen) atoms. The van der Waals surface area contributed by atoms with E-state index in [2.05, 4.69) is 50.9 Å².